The minimum atomic E-state index is -0.979. The molecule has 7 nitrogen and oxygen atoms in total. The molecule has 1 heterocycles. The van der Waals surface area contributed by atoms with Gasteiger partial charge in [-0.2, -0.15) is 0 Å². The van der Waals surface area contributed by atoms with Gasteiger partial charge in [-0.3, -0.25) is 0 Å². The first-order valence-corrected chi connectivity index (χ1v) is 12.6. The van der Waals surface area contributed by atoms with E-state index in [-0.39, 0.29) is 49.4 Å². The molecule has 0 aromatic heterocycles. The summed E-state index contributed by atoms with van der Waals surface area (Å²) in [5.74, 6) is -0.560. The Morgan fingerprint density at radius 3 is 2.61 bits per heavy atom. The molecule has 1 unspecified atom stereocenters. The zero-order chi connectivity index (χ0) is 26.0. The molecule has 7 atom stereocenters. The number of hydrogen-bond acceptors (Lipinski definition) is 7. The van der Waals surface area contributed by atoms with Crippen molar-refractivity contribution in [3.63, 3.8) is 0 Å². The highest BCUT2D eigenvalue weighted by Gasteiger charge is 2.41. The number of methoxy groups -OCH3 is 1. The van der Waals surface area contributed by atoms with Crippen LogP contribution in [0.3, 0.4) is 0 Å². The van der Waals surface area contributed by atoms with Gasteiger partial charge in [-0.05, 0) is 73.1 Å². The fraction of sp³-hybridized carbons (Fsp3) is 0.571. The molecule has 2 aliphatic rings. The van der Waals surface area contributed by atoms with Gasteiger partial charge in [0.25, 0.3) is 0 Å². The van der Waals surface area contributed by atoms with Gasteiger partial charge in [0.2, 0.25) is 0 Å². The first kappa shape index (κ1) is 26.8. The number of rotatable bonds is 8. The molecular weight excluding hydrogens is 467 g/mol. The lowest BCUT2D eigenvalue weighted by Gasteiger charge is -2.41. The van der Waals surface area contributed by atoms with Crippen molar-refractivity contribution in [1.82, 2.24) is 0 Å². The number of halogens is 1. The van der Waals surface area contributed by atoms with Gasteiger partial charge in [0.05, 0.1) is 32.5 Å². The van der Waals surface area contributed by atoms with Crippen molar-refractivity contribution in [3.8, 4) is 11.5 Å². The predicted octanol–water partition coefficient (Wildman–Crippen LogP) is 3.27. The summed E-state index contributed by atoms with van der Waals surface area (Å²) in [6.45, 7) is 5.89. The summed E-state index contributed by atoms with van der Waals surface area (Å²) in [6, 6.07) is 10.8. The van der Waals surface area contributed by atoms with E-state index in [0.29, 0.717) is 6.42 Å². The zero-order valence-electron chi connectivity index (χ0n) is 21.3. The van der Waals surface area contributed by atoms with Crippen molar-refractivity contribution in [2.24, 2.45) is 17.8 Å². The first-order chi connectivity index (χ1) is 17.2. The molecule has 2 aromatic rings. The summed E-state index contributed by atoms with van der Waals surface area (Å²) in [5.41, 5.74) is 2.94. The lowest BCUT2D eigenvalue weighted by atomic mass is 9.67. The molecule has 2 aromatic carbocycles. The van der Waals surface area contributed by atoms with E-state index in [1.807, 2.05) is 32.0 Å². The average Bonchev–Trinajstić information content (AvgIpc) is 2.86. The number of aliphatic hydroxyl groups excluding tert-OH is 3. The summed E-state index contributed by atoms with van der Waals surface area (Å²) in [5, 5.41) is 30.9. The molecule has 1 fully saturated rings. The van der Waals surface area contributed by atoms with E-state index in [0.717, 1.165) is 22.4 Å². The lowest BCUT2D eigenvalue weighted by Crippen LogP contribution is -2.50. The Bertz CT molecular complexity index is 1030. The van der Waals surface area contributed by atoms with Gasteiger partial charge < -0.3 is 34.3 Å². The zero-order valence-corrected chi connectivity index (χ0v) is 21.3. The molecule has 1 aliphatic heterocycles. The maximum absolute atomic E-state index is 14.3. The van der Waals surface area contributed by atoms with Crippen LogP contribution in [0.2, 0.25) is 0 Å². The average molecular weight is 505 g/mol. The fourth-order valence-electron chi connectivity index (χ4n) is 5.33. The van der Waals surface area contributed by atoms with E-state index in [1.165, 1.54) is 13.2 Å². The quantitative estimate of drug-likeness (QED) is 0.508. The van der Waals surface area contributed by atoms with Crippen LogP contribution in [0.1, 0.15) is 43.4 Å². The van der Waals surface area contributed by atoms with Crippen LogP contribution in [0.15, 0.2) is 36.4 Å². The van der Waals surface area contributed by atoms with E-state index in [2.05, 4.69) is 0 Å². The summed E-state index contributed by atoms with van der Waals surface area (Å²) < 4.78 is 37.2. The normalized spacial score (nSPS) is 30.2. The maximum Gasteiger partial charge on any atom is 0.183 e. The first-order valence-electron chi connectivity index (χ1n) is 12.6. The Hall–Kier alpha value is -2.23. The van der Waals surface area contributed by atoms with Gasteiger partial charge in [-0.25, -0.2) is 4.39 Å². The standard InChI is InChI=1S/C28H37FO7/c1-15(2)36-20-7-5-17-9-19(12-30)22(13-34-28-27(32)16(3)24(31)14-35-28)26(21(17)11-20)18-6-8-23(29)25(10-18)33-4/h5-8,10-11,15-16,19,22,24,26-28,30-32H,9,12-14H2,1-4H3/t16-,19+,22+,24+,26?,27+,28+/m0/s1. The van der Waals surface area contributed by atoms with Gasteiger partial charge in [-0.15, -0.1) is 0 Å². The molecule has 8 heteroatoms. The third-order valence-electron chi connectivity index (χ3n) is 7.42. The van der Waals surface area contributed by atoms with Gasteiger partial charge in [-0.1, -0.05) is 19.1 Å². The third-order valence-corrected chi connectivity index (χ3v) is 7.42. The van der Waals surface area contributed by atoms with Gasteiger partial charge >= 0.3 is 0 Å². The number of hydrogen-bond donors (Lipinski definition) is 3. The van der Waals surface area contributed by atoms with Crippen LogP contribution in [0, 0.1) is 23.6 Å². The summed E-state index contributed by atoms with van der Waals surface area (Å²) in [6.07, 6.45) is -1.98. The second kappa shape index (κ2) is 11.4. The Balaban J connectivity index is 1.72. The Kier molecular flexibility index (Phi) is 8.52. The maximum atomic E-state index is 14.3. The molecule has 0 saturated carbocycles. The number of benzene rings is 2. The van der Waals surface area contributed by atoms with E-state index >= 15 is 0 Å². The second-order valence-corrected chi connectivity index (χ2v) is 10.2. The van der Waals surface area contributed by atoms with Crippen molar-refractivity contribution >= 4 is 0 Å². The molecule has 1 saturated heterocycles. The third kappa shape index (κ3) is 5.53. The van der Waals surface area contributed by atoms with Gasteiger partial charge in [0.15, 0.2) is 17.9 Å². The SMILES string of the molecule is COc1cc(C2c3cc(OC(C)C)ccc3C[C@H](CO)[C@H]2CO[C@@H]2OC[C@@H](O)[C@H](C)[C@H]2O)ccc1F. The molecule has 1 aliphatic carbocycles. The van der Waals surface area contributed by atoms with Crippen LogP contribution < -0.4 is 9.47 Å². The van der Waals surface area contributed by atoms with Crippen LogP contribution in [0.5, 0.6) is 11.5 Å². The number of fused-ring (bicyclic) bond motifs is 1. The summed E-state index contributed by atoms with van der Waals surface area (Å²) >= 11 is 0. The lowest BCUT2D eigenvalue weighted by molar-refractivity contribution is -0.259. The van der Waals surface area contributed by atoms with Crippen molar-refractivity contribution in [1.29, 1.82) is 0 Å². The van der Waals surface area contributed by atoms with Crippen LogP contribution in [-0.4, -0.2) is 66.9 Å². The topological polar surface area (TPSA) is 97.6 Å². The smallest absolute Gasteiger partial charge is 0.183 e. The molecule has 0 amide bonds. The molecule has 3 N–H and O–H groups in total. The van der Waals surface area contributed by atoms with E-state index < -0.39 is 30.2 Å². The largest absolute Gasteiger partial charge is 0.494 e. The Morgan fingerprint density at radius 2 is 1.92 bits per heavy atom. The van der Waals surface area contributed by atoms with Crippen molar-refractivity contribution in [2.75, 3.05) is 26.9 Å². The molecule has 198 valence electrons. The summed E-state index contributed by atoms with van der Waals surface area (Å²) in [4.78, 5) is 0. The van der Waals surface area contributed by atoms with E-state index in [4.69, 9.17) is 18.9 Å². The molecule has 36 heavy (non-hydrogen) atoms. The van der Waals surface area contributed by atoms with Crippen molar-refractivity contribution in [3.05, 3.63) is 58.9 Å². The van der Waals surface area contributed by atoms with Crippen LogP contribution in [-0.2, 0) is 15.9 Å². The molecule has 4 rings (SSSR count). The Labute approximate surface area is 211 Å². The highest BCUT2D eigenvalue weighted by Crippen LogP contribution is 2.46. The molecule has 0 spiro atoms. The van der Waals surface area contributed by atoms with Crippen LogP contribution in [0.25, 0.3) is 0 Å². The minimum Gasteiger partial charge on any atom is -0.494 e. The number of ether oxygens (including phenoxy) is 4. The van der Waals surface area contributed by atoms with Crippen LogP contribution in [0.4, 0.5) is 4.39 Å². The molecule has 0 bridgehead atoms. The van der Waals surface area contributed by atoms with E-state index in [1.54, 1.807) is 19.1 Å². The Morgan fingerprint density at radius 1 is 1.14 bits per heavy atom. The van der Waals surface area contributed by atoms with Crippen molar-refractivity contribution in [2.45, 2.75) is 57.7 Å². The van der Waals surface area contributed by atoms with Crippen molar-refractivity contribution < 1.29 is 38.7 Å². The molecular formula is C28H37FO7. The highest BCUT2D eigenvalue weighted by atomic mass is 19.1. The predicted molar refractivity (Wildman–Crippen MR) is 132 cm³/mol. The van der Waals surface area contributed by atoms with Gasteiger partial charge in [0.1, 0.15) is 11.9 Å². The monoisotopic (exact) mass is 504 g/mol. The number of aliphatic hydroxyl groups is 3. The molecule has 0 radical (unpaired) electrons. The highest BCUT2D eigenvalue weighted by molar-refractivity contribution is 5.47. The second-order valence-electron chi connectivity index (χ2n) is 10.2. The van der Waals surface area contributed by atoms with E-state index in [9.17, 15) is 19.7 Å². The minimum absolute atomic E-state index is 0.00241. The fourth-order valence-corrected chi connectivity index (χ4v) is 5.33. The van der Waals surface area contributed by atoms with Crippen LogP contribution >= 0.6 is 0 Å². The summed E-state index contributed by atoms with van der Waals surface area (Å²) in [7, 11) is 1.43. The van der Waals surface area contributed by atoms with Gasteiger partial charge in [0, 0.05) is 18.4 Å².